The Bertz CT molecular complexity index is 966. The molecule has 0 aliphatic heterocycles. The van der Waals surface area contributed by atoms with E-state index in [-0.39, 0.29) is 11.4 Å². The maximum atomic E-state index is 13.1. The smallest absolute Gasteiger partial charge is 0.416 e. The predicted octanol–water partition coefficient (Wildman–Crippen LogP) is 5.29. The SMILES string of the molecule is CCCOc1ccc(C(F)(F)F)cc1NC(=O)c1ccnc2ccccc12. The van der Waals surface area contributed by atoms with Gasteiger partial charge in [0.1, 0.15) is 5.75 Å². The highest BCUT2D eigenvalue weighted by Gasteiger charge is 2.31. The maximum Gasteiger partial charge on any atom is 0.416 e. The van der Waals surface area contributed by atoms with Gasteiger partial charge < -0.3 is 10.1 Å². The largest absolute Gasteiger partial charge is 0.491 e. The van der Waals surface area contributed by atoms with Crippen LogP contribution in [0.3, 0.4) is 0 Å². The molecule has 0 atom stereocenters. The van der Waals surface area contributed by atoms with E-state index in [9.17, 15) is 18.0 Å². The Morgan fingerprint density at radius 2 is 1.93 bits per heavy atom. The van der Waals surface area contributed by atoms with Gasteiger partial charge in [-0.15, -0.1) is 0 Å². The van der Waals surface area contributed by atoms with Gasteiger partial charge in [0, 0.05) is 11.6 Å². The number of amides is 1. The lowest BCUT2D eigenvalue weighted by molar-refractivity contribution is -0.137. The lowest BCUT2D eigenvalue weighted by Crippen LogP contribution is -2.15. The number of aromatic nitrogens is 1. The van der Waals surface area contributed by atoms with Crippen LogP contribution in [0.4, 0.5) is 18.9 Å². The Balaban J connectivity index is 1.98. The molecule has 3 rings (SSSR count). The first-order valence-electron chi connectivity index (χ1n) is 8.39. The van der Waals surface area contributed by atoms with E-state index in [0.29, 0.717) is 29.5 Å². The third-order valence-corrected chi connectivity index (χ3v) is 3.91. The molecule has 1 N–H and O–H groups in total. The molecule has 0 saturated heterocycles. The van der Waals surface area contributed by atoms with Gasteiger partial charge in [-0.3, -0.25) is 9.78 Å². The van der Waals surface area contributed by atoms with Crippen molar-refractivity contribution in [2.45, 2.75) is 19.5 Å². The summed E-state index contributed by atoms with van der Waals surface area (Å²) >= 11 is 0. The molecule has 1 aromatic heterocycles. The summed E-state index contributed by atoms with van der Waals surface area (Å²) in [7, 11) is 0. The molecule has 0 spiro atoms. The van der Waals surface area contributed by atoms with Crippen LogP contribution < -0.4 is 10.1 Å². The number of nitrogens with zero attached hydrogens (tertiary/aromatic N) is 1. The molecule has 140 valence electrons. The Hall–Kier alpha value is -3.09. The number of hydrogen-bond acceptors (Lipinski definition) is 3. The van der Waals surface area contributed by atoms with E-state index < -0.39 is 17.6 Å². The second-order valence-electron chi connectivity index (χ2n) is 5.89. The molecule has 0 unspecified atom stereocenters. The first kappa shape index (κ1) is 18.7. The van der Waals surface area contributed by atoms with Crippen molar-refractivity contribution in [2.75, 3.05) is 11.9 Å². The van der Waals surface area contributed by atoms with E-state index in [1.54, 1.807) is 24.3 Å². The van der Waals surface area contributed by atoms with E-state index in [0.717, 1.165) is 12.1 Å². The van der Waals surface area contributed by atoms with Crippen LogP contribution in [0.5, 0.6) is 5.75 Å². The summed E-state index contributed by atoms with van der Waals surface area (Å²) < 4.78 is 44.7. The summed E-state index contributed by atoms with van der Waals surface area (Å²) in [6.45, 7) is 2.21. The normalized spacial score (nSPS) is 11.4. The number of para-hydroxylation sites is 1. The number of anilines is 1. The zero-order chi connectivity index (χ0) is 19.4. The molecular formula is C20H17F3N2O2. The number of halogens is 3. The zero-order valence-electron chi connectivity index (χ0n) is 14.5. The number of hydrogen-bond donors (Lipinski definition) is 1. The molecule has 1 heterocycles. The number of ether oxygens (including phenoxy) is 1. The average Bonchev–Trinajstić information content (AvgIpc) is 2.65. The topological polar surface area (TPSA) is 51.2 Å². The molecule has 0 aliphatic rings. The van der Waals surface area contributed by atoms with Crippen molar-refractivity contribution < 1.29 is 22.7 Å². The lowest BCUT2D eigenvalue weighted by atomic mass is 10.1. The van der Waals surface area contributed by atoms with Gasteiger partial charge in [-0.05, 0) is 36.8 Å². The van der Waals surface area contributed by atoms with Crippen LogP contribution in [-0.2, 0) is 6.18 Å². The first-order chi connectivity index (χ1) is 12.9. The molecule has 7 heteroatoms. The molecule has 0 bridgehead atoms. The summed E-state index contributed by atoms with van der Waals surface area (Å²) in [6, 6.07) is 11.6. The molecule has 0 saturated carbocycles. The number of pyridine rings is 1. The highest BCUT2D eigenvalue weighted by Crippen LogP contribution is 2.35. The number of alkyl halides is 3. The fraction of sp³-hybridized carbons (Fsp3) is 0.200. The molecule has 2 aromatic carbocycles. The van der Waals surface area contributed by atoms with Gasteiger partial charge in [-0.2, -0.15) is 13.2 Å². The summed E-state index contributed by atoms with van der Waals surface area (Å²) in [5.74, 6) is -0.342. The van der Waals surface area contributed by atoms with Gasteiger partial charge in [0.25, 0.3) is 5.91 Å². The second kappa shape index (κ2) is 7.65. The van der Waals surface area contributed by atoms with Crippen molar-refractivity contribution in [1.29, 1.82) is 0 Å². The predicted molar refractivity (Wildman–Crippen MR) is 96.9 cm³/mol. The summed E-state index contributed by atoms with van der Waals surface area (Å²) in [5, 5.41) is 3.16. The third kappa shape index (κ3) is 4.19. The summed E-state index contributed by atoms with van der Waals surface area (Å²) in [5.41, 5.74) is 0.0569. The molecule has 0 fully saturated rings. The highest BCUT2D eigenvalue weighted by molar-refractivity contribution is 6.12. The highest BCUT2D eigenvalue weighted by atomic mass is 19.4. The van der Waals surface area contributed by atoms with Crippen LogP contribution in [0, 0.1) is 0 Å². The van der Waals surface area contributed by atoms with Gasteiger partial charge in [-0.25, -0.2) is 0 Å². The molecule has 4 nitrogen and oxygen atoms in total. The zero-order valence-corrected chi connectivity index (χ0v) is 14.5. The van der Waals surface area contributed by atoms with Crippen molar-refractivity contribution in [3.8, 4) is 5.75 Å². The number of benzene rings is 2. The van der Waals surface area contributed by atoms with E-state index in [1.807, 2.05) is 6.92 Å². The molecule has 27 heavy (non-hydrogen) atoms. The van der Waals surface area contributed by atoms with Crippen LogP contribution in [0.15, 0.2) is 54.7 Å². The van der Waals surface area contributed by atoms with Crippen molar-refractivity contribution in [2.24, 2.45) is 0 Å². The van der Waals surface area contributed by atoms with Crippen LogP contribution in [0.25, 0.3) is 10.9 Å². The third-order valence-electron chi connectivity index (χ3n) is 3.91. The number of carbonyl (C=O) groups is 1. The minimum Gasteiger partial charge on any atom is -0.491 e. The molecule has 3 aromatic rings. The number of carbonyl (C=O) groups excluding carboxylic acids is 1. The van der Waals surface area contributed by atoms with Gasteiger partial charge >= 0.3 is 6.18 Å². The Labute approximate surface area is 154 Å². The quantitative estimate of drug-likeness (QED) is 0.660. The number of rotatable bonds is 5. The fourth-order valence-corrected chi connectivity index (χ4v) is 2.63. The Morgan fingerprint density at radius 3 is 2.67 bits per heavy atom. The van der Waals surface area contributed by atoms with Gasteiger partial charge in [0.2, 0.25) is 0 Å². The Kier molecular flexibility index (Phi) is 5.30. The Morgan fingerprint density at radius 1 is 1.15 bits per heavy atom. The fourth-order valence-electron chi connectivity index (χ4n) is 2.63. The van der Waals surface area contributed by atoms with Crippen LogP contribution in [0.1, 0.15) is 29.3 Å². The van der Waals surface area contributed by atoms with E-state index >= 15 is 0 Å². The van der Waals surface area contributed by atoms with Crippen LogP contribution >= 0.6 is 0 Å². The molecule has 0 aliphatic carbocycles. The monoisotopic (exact) mass is 374 g/mol. The van der Waals surface area contributed by atoms with Crippen LogP contribution in [0.2, 0.25) is 0 Å². The van der Waals surface area contributed by atoms with E-state index in [4.69, 9.17) is 4.74 Å². The number of fused-ring (bicyclic) bond motifs is 1. The van der Waals surface area contributed by atoms with E-state index in [2.05, 4.69) is 10.3 Å². The van der Waals surface area contributed by atoms with Gasteiger partial charge in [0.15, 0.2) is 0 Å². The van der Waals surface area contributed by atoms with Crippen molar-refractivity contribution in [1.82, 2.24) is 4.98 Å². The average molecular weight is 374 g/mol. The minimum atomic E-state index is -4.52. The van der Waals surface area contributed by atoms with E-state index in [1.165, 1.54) is 18.3 Å². The second-order valence-corrected chi connectivity index (χ2v) is 5.89. The summed E-state index contributed by atoms with van der Waals surface area (Å²) in [6.07, 6.45) is -2.35. The van der Waals surface area contributed by atoms with Gasteiger partial charge in [0.05, 0.1) is 28.9 Å². The standard InChI is InChI=1S/C20H17F3N2O2/c1-2-11-27-18-8-7-13(20(21,22)23)12-17(18)25-19(26)15-9-10-24-16-6-4-3-5-14(15)16/h3-10,12H,2,11H2,1H3,(H,25,26). The lowest BCUT2D eigenvalue weighted by Gasteiger charge is -2.15. The molecule has 1 amide bonds. The van der Waals surface area contributed by atoms with Crippen molar-refractivity contribution in [3.05, 3.63) is 65.9 Å². The van der Waals surface area contributed by atoms with Crippen molar-refractivity contribution in [3.63, 3.8) is 0 Å². The molecular weight excluding hydrogens is 357 g/mol. The summed E-state index contributed by atoms with van der Waals surface area (Å²) in [4.78, 5) is 16.9. The number of nitrogens with one attached hydrogen (secondary N) is 1. The first-order valence-corrected chi connectivity index (χ1v) is 8.39. The maximum absolute atomic E-state index is 13.1. The molecule has 0 radical (unpaired) electrons. The van der Waals surface area contributed by atoms with Crippen LogP contribution in [-0.4, -0.2) is 17.5 Å². The van der Waals surface area contributed by atoms with Gasteiger partial charge in [-0.1, -0.05) is 25.1 Å². The minimum absolute atomic E-state index is 0.0239. The van der Waals surface area contributed by atoms with Crippen molar-refractivity contribution >= 4 is 22.5 Å².